The van der Waals surface area contributed by atoms with Crippen LogP contribution in [0.5, 0.6) is 5.75 Å². The van der Waals surface area contributed by atoms with Gasteiger partial charge in [-0.15, -0.1) is 0 Å². The zero-order chi connectivity index (χ0) is 12.3. The third-order valence-corrected chi connectivity index (χ3v) is 3.47. The summed E-state index contributed by atoms with van der Waals surface area (Å²) >= 11 is 3.57. The van der Waals surface area contributed by atoms with Crippen molar-refractivity contribution in [3.8, 4) is 5.75 Å². The number of nitrogens with one attached hydrogen (secondary N) is 1. The van der Waals surface area contributed by atoms with Gasteiger partial charge < -0.3 is 15.0 Å². The molecule has 0 spiro atoms. The van der Waals surface area contributed by atoms with Gasteiger partial charge in [-0.3, -0.25) is 0 Å². The maximum absolute atomic E-state index is 5.73. The van der Waals surface area contributed by atoms with Crippen molar-refractivity contribution in [1.29, 1.82) is 0 Å². The van der Waals surface area contributed by atoms with Crippen molar-refractivity contribution in [2.45, 2.75) is 13.0 Å². The van der Waals surface area contributed by atoms with Crippen LogP contribution in [0.3, 0.4) is 0 Å². The molecule has 0 aromatic heterocycles. The number of ether oxygens (including phenoxy) is 1. The molecule has 0 saturated carbocycles. The molecule has 0 atom stereocenters. The van der Waals surface area contributed by atoms with Crippen LogP contribution < -0.4 is 10.1 Å². The van der Waals surface area contributed by atoms with Gasteiger partial charge in [0.05, 0.1) is 6.61 Å². The third-order valence-electron chi connectivity index (χ3n) is 3.01. The summed E-state index contributed by atoms with van der Waals surface area (Å²) in [6, 6.07) is 4.33. The molecule has 0 fully saturated rings. The van der Waals surface area contributed by atoms with E-state index < -0.39 is 0 Å². The van der Waals surface area contributed by atoms with E-state index in [9.17, 15) is 0 Å². The van der Waals surface area contributed by atoms with Gasteiger partial charge in [0.25, 0.3) is 0 Å². The smallest absolute Gasteiger partial charge is 0.127 e. The first-order chi connectivity index (χ1) is 8.20. The van der Waals surface area contributed by atoms with Crippen molar-refractivity contribution in [1.82, 2.24) is 10.2 Å². The number of hydrogen-bond acceptors (Lipinski definition) is 3. The van der Waals surface area contributed by atoms with E-state index in [-0.39, 0.29) is 0 Å². The summed E-state index contributed by atoms with van der Waals surface area (Å²) in [5.74, 6) is 1.10. The minimum absolute atomic E-state index is 0.818. The minimum Gasteiger partial charge on any atom is -0.493 e. The van der Waals surface area contributed by atoms with Gasteiger partial charge in [-0.25, -0.2) is 0 Å². The van der Waals surface area contributed by atoms with E-state index in [2.05, 4.69) is 45.3 Å². The standard InChI is InChI=1S/C13H19BrN2O/c1-15-4-5-16(2)9-11-8-12(14)7-10-3-6-17-13(10)11/h7-8,15H,3-6,9H2,1-2H3. The topological polar surface area (TPSA) is 24.5 Å². The van der Waals surface area contributed by atoms with Gasteiger partial charge in [0.2, 0.25) is 0 Å². The Morgan fingerprint density at radius 2 is 2.29 bits per heavy atom. The minimum atomic E-state index is 0.818. The number of fused-ring (bicyclic) bond motifs is 1. The van der Waals surface area contributed by atoms with E-state index in [0.29, 0.717) is 0 Å². The Morgan fingerprint density at radius 1 is 1.47 bits per heavy atom. The van der Waals surface area contributed by atoms with Crippen LogP contribution in [0.4, 0.5) is 0 Å². The molecule has 0 saturated heterocycles. The lowest BCUT2D eigenvalue weighted by Crippen LogP contribution is -2.27. The van der Waals surface area contributed by atoms with E-state index in [1.165, 1.54) is 11.1 Å². The molecule has 1 aromatic carbocycles. The number of nitrogens with zero attached hydrogens (tertiary/aromatic N) is 1. The summed E-state index contributed by atoms with van der Waals surface area (Å²) in [6.45, 7) is 3.80. The predicted molar refractivity (Wildman–Crippen MR) is 73.6 cm³/mol. The fraction of sp³-hybridized carbons (Fsp3) is 0.538. The summed E-state index contributed by atoms with van der Waals surface area (Å²) < 4.78 is 6.88. The molecule has 0 bridgehead atoms. The number of halogens is 1. The van der Waals surface area contributed by atoms with E-state index in [1.54, 1.807) is 0 Å². The quantitative estimate of drug-likeness (QED) is 0.900. The zero-order valence-electron chi connectivity index (χ0n) is 10.4. The fourth-order valence-corrected chi connectivity index (χ4v) is 2.69. The molecule has 1 aromatic rings. The highest BCUT2D eigenvalue weighted by Gasteiger charge is 2.18. The molecule has 1 aliphatic heterocycles. The fourth-order valence-electron chi connectivity index (χ4n) is 2.14. The highest BCUT2D eigenvalue weighted by molar-refractivity contribution is 9.10. The summed E-state index contributed by atoms with van der Waals surface area (Å²) in [5, 5.41) is 3.17. The second-order valence-corrected chi connectivity index (χ2v) is 5.41. The lowest BCUT2D eigenvalue weighted by Gasteiger charge is -2.18. The maximum atomic E-state index is 5.73. The molecule has 1 N–H and O–H groups in total. The number of benzene rings is 1. The van der Waals surface area contributed by atoms with Crippen molar-refractivity contribution in [2.75, 3.05) is 33.8 Å². The van der Waals surface area contributed by atoms with Gasteiger partial charge in [-0.05, 0) is 31.8 Å². The predicted octanol–water partition coefficient (Wildman–Crippen LogP) is 2.04. The zero-order valence-corrected chi connectivity index (χ0v) is 12.0. The normalized spacial score (nSPS) is 13.9. The molecule has 2 rings (SSSR count). The van der Waals surface area contributed by atoms with Crippen LogP contribution in [0.15, 0.2) is 16.6 Å². The Balaban J connectivity index is 2.10. The van der Waals surface area contributed by atoms with E-state index >= 15 is 0 Å². The first-order valence-electron chi connectivity index (χ1n) is 5.98. The third kappa shape index (κ3) is 3.21. The summed E-state index contributed by atoms with van der Waals surface area (Å²) in [4.78, 5) is 2.31. The monoisotopic (exact) mass is 298 g/mol. The van der Waals surface area contributed by atoms with Gasteiger partial charge in [-0.2, -0.15) is 0 Å². The molecular weight excluding hydrogens is 280 g/mol. The van der Waals surface area contributed by atoms with Crippen molar-refractivity contribution in [2.24, 2.45) is 0 Å². The first-order valence-corrected chi connectivity index (χ1v) is 6.77. The summed E-state index contributed by atoms with van der Waals surface area (Å²) in [6.07, 6.45) is 1.03. The van der Waals surface area contributed by atoms with Gasteiger partial charge in [0.1, 0.15) is 5.75 Å². The Kier molecular flexibility index (Phi) is 4.42. The van der Waals surface area contributed by atoms with Gasteiger partial charge in [-0.1, -0.05) is 15.9 Å². The number of hydrogen-bond donors (Lipinski definition) is 1. The van der Waals surface area contributed by atoms with E-state index in [4.69, 9.17) is 4.74 Å². The van der Waals surface area contributed by atoms with Crippen LogP contribution in [0.2, 0.25) is 0 Å². The van der Waals surface area contributed by atoms with Crippen LogP contribution in [0.1, 0.15) is 11.1 Å². The van der Waals surface area contributed by atoms with Crippen LogP contribution in [0.25, 0.3) is 0 Å². The lowest BCUT2D eigenvalue weighted by atomic mass is 10.1. The van der Waals surface area contributed by atoms with Crippen molar-refractivity contribution >= 4 is 15.9 Å². The molecule has 17 heavy (non-hydrogen) atoms. The molecule has 3 nitrogen and oxygen atoms in total. The summed E-state index contributed by atoms with van der Waals surface area (Å²) in [7, 11) is 4.12. The SMILES string of the molecule is CNCCN(C)Cc1cc(Br)cc2c1OCC2. The number of likely N-dealkylation sites (N-methyl/N-ethyl adjacent to an activating group) is 2. The molecule has 0 aliphatic carbocycles. The highest BCUT2D eigenvalue weighted by Crippen LogP contribution is 2.33. The van der Waals surface area contributed by atoms with Crippen molar-refractivity contribution in [3.63, 3.8) is 0 Å². The second-order valence-electron chi connectivity index (χ2n) is 4.49. The Bertz CT molecular complexity index is 395. The Hall–Kier alpha value is -0.580. The van der Waals surface area contributed by atoms with E-state index in [1.807, 2.05) is 7.05 Å². The average molecular weight is 299 g/mol. The molecule has 1 aliphatic rings. The molecular formula is C13H19BrN2O. The van der Waals surface area contributed by atoms with Crippen molar-refractivity contribution < 1.29 is 4.74 Å². The van der Waals surface area contributed by atoms with Crippen LogP contribution >= 0.6 is 15.9 Å². The van der Waals surface area contributed by atoms with Crippen LogP contribution in [-0.2, 0) is 13.0 Å². The average Bonchev–Trinajstić information content (AvgIpc) is 2.74. The van der Waals surface area contributed by atoms with Crippen molar-refractivity contribution in [3.05, 3.63) is 27.7 Å². The molecule has 0 radical (unpaired) electrons. The summed E-state index contributed by atoms with van der Waals surface area (Å²) in [5.41, 5.74) is 2.61. The largest absolute Gasteiger partial charge is 0.493 e. The number of rotatable bonds is 5. The molecule has 4 heteroatoms. The van der Waals surface area contributed by atoms with Crippen LogP contribution in [-0.4, -0.2) is 38.7 Å². The van der Waals surface area contributed by atoms with Gasteiger partial charge in [0, 0.05) is 36.1 Å². The van der Waals surface area contributed by atoms with E-state index in [0.717, 1.165) is 42.9 Å². The Morgan fingerprint density at radius 3 is 3.06 bits per heavy atom. The molecule has 94 valence electrons. The van der Waals surface area contributed by atoms with Crippen LogP contribution in [0, 0.1) is 0 Å². The maximum Gasteiger partial charge on any atom is 0.127 e. The second kappa shape index (κ2) is 5.85. The molecule has 1 heterocycles. The van der Waals surface area contributed by atoms with Gasteiger partial charge >= 0.3 is 0 Å². The molecule has 0 unspecified atom stereocenters. The first kappa shape index (κ1) is 12.9. The Labute approximate surface area is 111 Å². The molecule has 0 amide bonds. The van der Waals surface area contributed by atoms with Gasteiger partial charge in [0.15, 0.2) is 0 Å². The lowest BCUT2D eigenvalue weighted by molar-refractivity contribution is 0.311. The highest BCUT2D eigenvalue weighted by atomic mass is 79.9.